The van der Waals surface area contributed by atoms with Crippen molar-refractivity contribution in [2.45, 2.75) is 46.1 Å². The SMILES string of the molecule is Cc1cnccc1CN(C)Cc1c(C(=O)N2C[C@@H](C)O[C@@H](C)C2)nc2sccn12. The maximum absolute atomic E-state index is 13.3. The molecule has 0 spiro atoms. The van der Waals surface area contributed by atoms with Crippen LogP contribution in [0.3, 0.4) is 0 Å². The molecule has 0 radical (unpaired) electrons. The maximum atomic E-state index is 13.3. The van der Waals surface area contributed by atoms with Crippen molar-refractivity contribution in [3.8, 4) is 0 Å². The number of carbonyl (C=O) groups excluding carboxylic acids is 1. The van der Waals surface area contributed by atoms with Gasteiger partial charge in [-0.25, -0.2) is 4.98 Å². The maximum Gasteiger partial charge on any atom is 0.274 e. The predicted molar refractivity (Wildman–Crippen MR) is 113 cm³/mol. The summed E-state index contributed by atoms with van der Waals surface area (Å²) in [6.07, 6.45) is 5.77. The number of hydrogen-bond donors (Lipinski definition) is 0. The number of pyridine rings is 1. The summed E-state index contributed by atoms with van der Waals surface area (Å²) in [5.41, 5.74) is 3.89. The van der Waals surface area contributed by atoms with Crippen molar-refractivity contribution in [1.29, 1.82) is 0 Å². The molecule has 1 saturated heterocycles. The highest BCUT2D eigenvalue weighted by Gasteiger charge is 2.30. The van der Waals surface area contributed by atoms with Gasteiger partial charge in [-0.2, -0.15) is 0 Å². The van der Waals surface area contributed by atoms with E-state index in [0.29, 0.717) is 25.3 Å². The highest BCUT2D eigenvalue weighted by molar-refractivity contribution is 7.15. The van der Waals surface area contributed by atoms with Crippen molar-refractivity contribution < 1.29 is 9.53 Å². The number of aromatic nitrogens is 3. The zero-order valence-electron chi connectivity index (χ0n) is 17.3. The largest absolute Gasteiger partial charge is 0.372 e. The fraction of sp³-hybridized carbons (Fsp3) is 0.476. The Morgan fingerprint density at radius 1 is 1.31 bits per heavy atom. The number of aryl methyl sites for hydroxylation is 1. The first-order chi connectivity index (χ1) is 13.9. The van der Waals surface area contributed by atoms with Crippen LogP contribution in [0.5, 0.6) is 0 Å². The number of amides is 1. The molecule has 0 aliphatic carbocycles. The minimum Gasteiger partial charge on any atom is -0.372 e. The van der Waals surface area contributed by atoms with Gasteiger partial charge in [-0.15, -0.1) is 11.3 Å². The molecular formula is C21H27N5O2S. The Kier molecular flexibility index (Phi) is 5.67. The van der Waals surface area contributed by atoms with Gasteiger partial charge in [-0.3, -0.25) is 19.1 Å². The Balaban J connectivity index is 1.59. The molecule has 0 bridgehead atoms. The fourth-order valence-corrected chi connectivity index (χ4v) is 4.66. The van der Waals surface area contributed by atoms with Gasteiger partial charge >= 0.3 is 0 Å². The molecule has 0 unspecified atom stereocenters. The molecule has 1 aliphatic rings. The van der Waals surface area contributed by atoms with Crippen molar-refractivity contribution in [2.75, 3.05) is 20.1 Å². The number of thiazole rings is 1. The Labute approximate surface area is 174 Å². The van der Waals surface area contributed by atoms with Gasteiger partial charge in [0.15, 0.2) is 10.7 Å². The molecule has 154 valence electrons. The third kappa shape index (κ3) is 4.19. The average Bonchev–Trinajstić information content (AvgIpc) is 3.25. The van der Waals surface area contributed by atoms with Crippen molar-refractivity contribution >= 4 is 22.2 Å². The molecular weight excluding hydrogens is 386 g/mol. The van der Waals surface area contributed by atoms with Crippen molar-refractivity contribution in [2.24, 2.45) is 0 Å². The van der Waals surface area contributed by atoms with Crippen LogP contribution in [0.2, 0.25) is 0 Å². The number of hydrogen-bond acceptors (Lipinski definition) is 6. The third-order valence-electron chi connectivity index (χ3n) is 5.27. The van der Waals surface area contributed by atoms with E-state index in [-0.39, 0.29) is 18.1 Å². The standard InChI is InChI=1S/C21H27N5O2S/c1-14-9-22-6-5-17(14)12-24(4)13-18-19(23-21-26(18)7-8-29-21)20(27)25-10-15(2)28-16(3)11-25/h5-9,15-16H,10-13H2,1-4H3/t15-,16+. The van der Waals surface area contributed by atoms with Gasteiger partial charge in [-0.1, -0.05) is 0 Å². The summed E-state index contributed by atoms with van der Waals surface area (Å²) in [4.78, 5) is 27.1. The van der Waals surface area contributed by atoms with E-state index in [2.05, 4.69) is 28.8 Å². The summed E-state index contributed by atoms with van der Waals surface area (Å²) in [6, 6.07) is 2.05. The van der Waals surface area contributed by atoms with Crippen molar-refractivity contribution in [3.63, 3.8) is 0 Å². The molecule has 3 aromatic heterocycles. The molecule has 1 aliphatic heterocycles. The summed E-state index contributed by atoms with van der Waals surface area (Å²) in [5.74, 6) is -0.00797. The van der Waals surface area contributed by atoms with Crippen LogP contribution in [-0.4, -0.2) is 62.4 Å². The first-order valence-corrected chi connectivity index (χ1v) is 10.8. The molecule has 29 heavy (non-hydrogen) atoms. The van der Waals surface area contributed by atoms with Gasteiger partial charge in [0.25, 0.3) is 5.91 Å². The first-order valence-electron chi connectivity index (χ1n) is 9.89. The smallest absolute Gasteiger partial charge is 0.274 e. The lowest BCUT2D eigenvalue weighted by Crippen LogP contribution is -2.48. The van der Waals surface area contributed by atoms with Crippen LogP contribution in [-0.2, 0) is 17.8 Å². The number of carbonyl (C=O) groups is 1. The van der Waals surface area contributed by atoms with Crippen LogP contribution in [0.1, 0.15) is 41.2 Å². The summed E-state index contributed by atoms with van der Waals surface area (Å²) in [5, 5.41) is 2.01. The molecule has 7 nitrogen and oxygen atoms in total. The second-order valence-corrected chi connectivity index (χ2v) is 8.78. The van der Waals surface area contributed by atoms with E-state index in [1.165, 1.54) is 11.1 Å². The van der Waals surface area contributed by atoms with Crippen LogP contribution in [0.15, 0.2) is 30.0 Å². The minimum atomic E-state index is -0.00797. The Bertz CT molecular complexity index is 1000. The minimum absolute atomic E-state index is 0.00797. The van der Waals surface area contributed by atoms with E-state index in [1.54, 1.807) is 11.3 Å². The van der Waals surface area contributed by atoms with Crippen LogP contribution in [0.4, 0.5) is 0 Å². The Hall–Kier alpha value is -2.29. The van der Waals surface area contributed by atoms with E-state index >= 15 is 0 Å². The monoisotopic (exact) mass is 413 g/mol. The average molecular weight is 414 g/mol. The molecule has 1 fully saturated rings. The number of fused-ring (bicyclic) bond motifs is 1. The van der Waals surface area contributed by atoms with E-state index in [4.69, 9.17) is 4.74 Å². The third-order valence-corrected chi connectivity index (χ3v) is 6.02. The zero-order chi connectivity index (χ0) is 20.5. The fourth-order valence-electron chi connectivity index (χ4n) is 3.93. The molecule has 0 N–H and O–H groups in total. The number of imidazole rings is 1. The predicted octanol–water partition coefficient (Wildman–Crippen LogP) is 2.98. The zero-order valence-corrected chi connectivity index (χ0v) is 18.1. The van der Waals surface area contributed by atoms with E-state index < -0.39 is 0 Å². The normalized spacial score (nSPS) is 20.0. The summed E-state index contributed by atoms with van der Waals surface area (Å²) in [7, 11) is 2.07. The number of morpholine rings is 1. The van der Waals surface area contributed by atoms with Crippen LogP contribution < -0.4 is 0 Å². The number of ether oxygens (including phenoxy) is 1. The highest BCUT2D eigenvalue weighted by Crippen LogP contribution is 2.23. The van der Waals surface area contributed by atoms with E-state index in [1.807, 2.05) is 53.2 Å². The van der Waals surface area contributed by atoms with Crippen molar-refractivity contribution in [3.05, 3.63) is 52.6 Å². The van der Waals surface area contributed by atoms with Gasteiger partial charge in [0.2, 0.25) is 0 Å². The molecule has 4 rings (SSSR count). The lowest BCUT2D eigenvalue weighted by Gasteiger charge is -2.35. The summed E-state index contributed by atoms with van der Waals surface area (Å²) in [6.45, 7) is 8.70. The molecule has 0 aromatic carbocycles. The molecule has 0 saturated carbocycles. The second-order valence-electron chi connectivity index (χ2n) is 7.90. The highest BCUT2D eigenvalue weighted by atomic mass is 32.1. The molecule has 4 heterocycles. The number of nitrogens with zero attached hydrogens (tertiary/aromatic N) is 5. The van der Waals surface area contributed by atoms with Gasteiger partial charge in [0.05, 0.1) is 17.9 Å². The Morgan fingerprint density at radius 3 is 2.79 bits per heavy atom. The Morgan fingerprint density at radius 2 is 2.07 bits per heavy atom. The lowest BCUT2D eigenvalue weighted by molar-refractivity contribution is -0.0587. The molecule has 3 aromatic rings. The first kappa shape index (κ1) is 20.0. The molecule has 1 amide bonds. The summed E-state index contributed by atoms with van der Waals surface area (Å²) >= 11 is 1.55. The van der Waals surface area contributed by atoms with Gasteiger partial charge < -0.3 is 9.64 Å². The molecule has 2 atom stereocenters. The van der Waals surface area contributed by atoms with Gasteiger partial charge in [-0.05, 0) is 45.0 Å². The topological polar surface area (TPSA) is 63.0 Å². The van der Waals surface area contributed by atoms with E-state index in [0.717, 1.165) is 17.2 Å². The second kappa shape index (κ2) is 8.22. The number of rotatable bonds is 5. The quantitative estimate of drug-likeness (QED) is 0.644. The van der Waals surface area contributed by atoms with Crippen molar-refractivity contribution in [1.82, 2.24) is 24.2 Å². The van der Waals surface area contributed by atoms with Crippen LogP contribution >= 0.6 is 11.3 Å². The van der Waals surface area contributed by atoms with Crippen LogP contribution in [0.25, 0.3) is 4.96 Å². The van der Waals surface area contributed by atoms with Gasteiger partial charge in [0.1, 0.15) is 0 Å². The lowest BCUT2D eigenvalue weighted by atomic mass is 10.1. The molecule has 8 heteroatoms. The van der Waals surface area contributed by atoms with Crippen LogP contribution in [0, 0.1) is 6.92 Å². The van der Waals surface area contributed by atoms with E-state index in [9.17, 15) is 4.79 Å². The van der Waals surface area contributed by atoms with Gasteiger partial charge in [0, 0.05) is 50.1 Å². The summed E-state index contributed by atoms with van der Waals surface area (Å²) < 4.78 is 7.83.